The SMILES string of the molecule is O=C(NCc1ccccc1)[C@H]1CN(S(=O)(=O)c2ccccc2)CCN1S(=O)(=O)c1ccccc1. The molecule has 4 rings (SSSR count). The smallest absolute Gasteiger partial charge is 0.243 e. The maximum Gasteiger partial charge on any atom is 0.243 e. The number of piperazine rings is 1. The largest absolute Gasteiger partial charge is 0.351 e. The van der Waals surface area contributed by atoms with Gasteiger partial charge in [0.1, 0.15) is 6.04 Å². The molecule has 1 N–H and O–H groups in total. The van der Waals surface area contributed by atoms with Gasteiger partial charge in [0.05, 0.1) is 9.79 Å². The van der Waals surface area contributed by atoms with E-state index in [0.29, 0.717) is 0 Å². The molecule has 1 amide bonds. The van der Waals surface area contributed by atoms with Crippen LogP contribution in [-0.4, -0.2) is 57.0 Å². The summed E-state index contributed by atoms with van der Waals surface area (Å²) in [4.78, 5) is 13.4. The number of nitrogens with one attached hydrogen (secondary N) is 1. The van der Waals surface area contributed by atoms with Crippen LogP contribution < -0.4 is 5.32 Å². The molecule has 1 aliphatic rings. The summed E-state index contributed by atoms with van der Waals surface area (Å²) in [6.45, 7) is -0.302. The minimum Gasteiger partial charge on any atom is -0.351 e. The Bertz CT molecular complexity index is 1330. The van der Waals surface area contributed by atoms with Crippen molar-refractivity contribution in [1.82, 2.24) is 13.9 Å². The number of sulfonamides is 2. The maximum absolute atomic E-state index is 13.4. The molecule has 1 aliphatic heterocycles. The number of nitrogens with zero attached hydrogens (tertiary/aromatic N) is 2. The van der Waals surface area contributed by atoms with Crippen LogP contribution in [-0.2, 0) is 31.4 Å². The highest BCUT2D eigenvalue weighted by Gasteiger charge is 2.43. The Balaban J connectivity index is 1.63. The van der Waals surface area contributed by atoms with Crippen LogP contribution in [0, 0.1) is 0 Å². The second-order valence-electron chi connectivity index (χ2n) is 7.82. The van der Waals surface area contributed by atoms with Gasteiger partial charge in [-0.1, -0.05) is 66.7 Å². The second kappa shape index (κ2) is 10.1. The van der Waals surface area contributed by atoms with Gasteiger partial charge in [0.15, 0.2) is 0 Å². The molecular weight excluding hydrogens is 474 g/mol. The van der Waals surface area contributed by atoms with Gasteiger partial charge in [-0.2, -0.15) is 8.61 Å². The third-order valence-electron chi connectivity index (χ3n) is 5.64. The molecule has 0 aliphatic carbocycles. The Hall–Kier alpha value is -3.05. The van der Waals surface area contributed by atoms with E-state index in [0.717, 1.165) is 9.87 Å². The van der Waals surface area contributed by atoms with Gasteiger partial charge in [-0.25, -0.2) is 16.8 Å². The number of hydrogen-bond donors (Lipinski definition) is 1. The first kappa shape index (κ1) is 24.1. The molecule has 0 bridgehead atoms. The van der Waals surface area contributed by atoms with E-state index < -0.39 is 32.0 Å². The zero-order valence-corrected chi connectivity index (χ0v) is 20.0. The number of benzene rings is 3. The van der Waals surface area contributed by atoms with Gasteiger partial charge in [0.2, 0.25) is 26.0 Å². The van der Waals surface area contributed by atoms with Crippen molar-refractivity contribution in [3.63, 3.8) is 0 Å². The normalized spacial score (nSPS) is 17.8. The molecule has 1 atom stereocenters. The highest BCUT2D eigenvalue weighted by atomic mass is 32.2. The zero-order chi connectivity index (χ0) is 24.2. The van der Waals surface area contributed by atoms with Crippen LogP contribution in [0.3, 0.4) is 0 Å². The van der Waals surface area contributed by atoms with E-state index in [1.165, 1.54) is 28.6 Å². The average molecular weight is 500 g/mol. The van der Waals surface area contributed by atoms with Crippen molar-refractivity contribution in [2.24, 2.45) is 0 Å². The van der Waals surface area contributed by atoms with Crippen LogP contribution in [0.5, 0.6) is 0 Å². The first-order valence-corrected chi connectivity index (χ1v) is 13.6. The van der Waals surface area contributed by atoms with Crippen LogP contribution in [0.25, 0.3) is 0 Å². The average Bonchev–Trinajstić information content (AvgIpc) is 2.88. The standard InChI is InChI=1S/C24H25N3O5S2/c28-24(25-18-20-10-4-1-5-11-20)23-19-26(33(29,30)21-12-6-2-7-13-21)16-17-27(23)34(31,32)22-14-8-3-9-15-22/h1-15,23H,16-19H2,(H,25,28)/t23-/m1/s1. The Morgan fingerprint density at radius 2 is 1.24 bits per heavy atom. The van der Waals surface area contributed by atoms with E-state index in [1.807, 2.05) is 30.3 Å². The molecule has 3 aromatic rings. The topological polar surface area (TPSA) is 104 Å². The van der Waals surface area contributed by atoms with Gasteiger partial charge >= 0.3 is 0 Å². The quantitative estimate of drug-likeness (QED) is 0.536. The molecule has 3 aromatic carbocycles. The third kappa shape index (κ3) is 5.05. The highest BCUT2D eigenvalue weighted by Crippen LogP contribution is 2.25. The first-order valence-electron chi connectivity index (χ1n) is 10.7. The summed E-state index contributed by atoms with van der Waals surface area (Å²) in [6, 6.07) is 23.7. The summed E-state index contributed by atoms with van der Waals surface area (Å²) < 4.78 is 55.4. The maximum atomic E-state index is 13.4. The number of carbonyl (C=O) groups is 1. The number of rotatable bonds is 7. The minimum atomic E-state index is -4.02. The van der Waals surface area contributed by atoms with Crippen LogP contribution in [0.1, 0.15) is 5.56 Å². The van der Waals surface area contributed by atoms with E-state index in [9.17, 15) is 21.6 Å². The Kier molecular flexibility index (Phi) is 7.13. The van der Waals surface area contributed by atoms with E-state index in [2.05, 4.69) is 5.32 Å². The molecule has 0 unspecified atom stereocenters. The van der Waals surface area contributed by atoms with Crippen molar-refractivity contribution in [2.45, 2.75) is 22.4 Å². The van der Waals surface area contributed by atoms with Crippen molar-refractivity contribution in [2.75, 3.05) is 19.6 Å². The van der Waals surface area contributed by atoms with Crippen molar-refractivity contribution >= 4 is 26.0 Å². The monoisotopic (exact) mass is 499 g/mol. The van der Waals surface area contributed by atoms with E-state index >= 15 is 0 Å². The van der Waals surface area contributed by atoms with Gasteiger partial charge in [0.25, 0.3) is 0 Å². The Labute approximate surface area is 199 Å². The van der Waals surface area contributed by atoms with E-state index in [1.54, 1.807) is 36.4 Å². The third-order valence-corrected chi connectivity index (χ3v) is 9.44. The summed E-state index contributed by atoms with van der Waals surface area (Å²) in [7, 11) is -7.92. The lowest BCUT2D eigenvalue weighted by Crippen LogP contribution is -2.61. The van der Waals surface area contributed by atoms with Crippen LogP contribution in [0.2, 0.25) is 0 Å². The summed E-state index contributed by atoms with van der Waals surface area (Å²) in [5.74, 6) is -0.559. The molecule has 0 radical (unpaired) electrons. The predicted octanol–water partition coefficient (Wildman–Crippen LogP) is 2.07. The van der Waals surface area contributed by atoms with Crippen LogP contribution in [0.4, 0.5) is 0 Å². The minimum absolute atomic E-state index is 0.0511. The first-order chi connectivity index (χ1) is 16.3. The molecule has 10 heteroatoms. The summed E-state index contributed by atoms with van der Waals surface area (Å²) in [6.07, 6.45) is 0. The fraction of sp³-hybridized carbons (Fsp3) is 0.208. The molecule has 178 valence electrons. The van der Waals surface area contributed by atoms with Crippen LogP contribution in [0.15, 0.2) is 101 Å². The lowest BCUT2D eigenvalue weighted by atomic mass is 10.2. The van der Waals surface area contributed by atoms with Gasteiger partial charge in [-0.15, -0.1) is 0 Å². The van der Waals surface area contributed by atoms with Gasteiger partial charge < -0.3 is 5.32 Å². The summed E-state index contributed by atoms with van der Waals surface area (Å²) >= 11 is 0. The Morgan fingerprint density at radius 1 is 0.735 bits per heavy atom. The van der Waals surface area contributed by atoms with Crippen molar-refractivity contribution in [3.05, 3.63) is 96.6 Å². The van der Waals surface area contributed by atoms with Gasteiger partial charge in [0, 0.05) is 26.2 Å². The van der Waals surface area contributed by atoms with Gasteiger partial charge in [-0.05, 0) is 29.8 Å². The fourth-order valence-electron chi connectivity index (χ4n) is 3.83. The predicted molar refractivity (Wildman–Crippen MR) is 128 cm³/mol. The van der Waals surface area contributed by atoms with Crippen molar-refractivity contribution in [3.8, 4) is 0 Å². The summed E-state index contributed by atoms with van der Waals surface area (Å²) in [5, 5.41) is 2.77. The van der Waals surface area contributed by atoms with Crippen molar-refractivity contribution < 1.29 is 21.6 Å². The lowest BCUT2D eigenvalue weighted by Gasteiger charge is -2.38. The number of hydrogen-bond acceptors (Lipinski definition) is 5. The molecule has 1 saturated heterocycles. The lowest BCUT2D eigenvalue weighted by molar-refractivity contribution is -0.126. The van der Waals surface area contributed by atoms with Crippen molar-refractivity contribution in [1.29, 1.82) is 0 Å². The highest BCUT2D eigenvalue weighted by molar-refractivity contribution is 7.89. The van der Waals surface area contributed by atoms with Gasteiger partial charge in [-0.3, -0.25) is 4.79 Å². The Morgan fingerprint density at radius 3 is 1.79 bits per heavy atom. The molecule has 34 heavy (non-hydrogen) atoms. The molecule has 0 spiro atoms. The molecule has 0 saturated carbocycles. The fourth-order valence-corrected chi connectivity index (χ4v) is 6.88. The molecule has 1 fully saturated rings. The second-order valence-corrected chi connectivity index (χ2v) is 11.7. The molecule has 8 nitrogen and oxygen atoms in total. The number of carbonyl (C=O) groups excluding carboxylic acids is 1. The van der Waals surface area contributed by atoms with Crippen LogP contribution >= 0.6 is 0 Å². The molecule has 0 aromatic heterocycles. The summed E-state index contributed by atoms with van der Waals surface area (Å²) in [5.41, 5.74) is 0.845. The van der Waals surface area contributed by atoms with E-state index in [-0.39, 0.29) is 36.0 Å². The molecule has 1 heterocycles. The number of amides is 1. The molecular formula is C24H25N3O5S2. The van der Waals surface area contributed by atoms with E-state index in [4.69, 9.17) is 0 Å². The zero-order valence-electron chi connectivity index (χ0n) is 18.3.